The summed E-state index contributed by atoms with van der Waals surface area (Å²) in [5.41, 5.74) is 1.13. The first-order chi connectivity index (χ1) is 10.8. The van der Waals surface area contributed by atoms with Crippen molar-refractivity contribution in [2.24, 2.45) is 0 Å². The van der Waals surface area contributed by atoms with E-state index in [4.69, 9.17) is 4.74 Å². The number of amides is 1. The predicted octanol–water partition coefficient (Wildman–Crippen LogP) is 1.88. The summed E-state index contributed by atoms with van der Waals surface area (Å²) in [6.07, 6.45) is 6.12. The first kappa shape index (κ1) is 13.4. The fraction of sp³-hybridized carbons (Fsp3) is 0.412. The minimum atomic E-state index is -0.365. The number of rotatable bonds is 3. The SMILES string of the molecule is O=C([C@H]1Cc2ccccc2O1)N1CCC[C@@H]1Cn1cccn1. The van der Waals surface area contributed by atoms with Crippen LogP contribution in [-0.4, -0.2) is 39.3 Å². The second kappa shape index (κ2) is 5.48. The predicted molar refractivity (Wildman–Crippen MR) is 81.5 cm³/mol. The van der Waals surface area contributed by atoms with Crippen LogP contribution in [-0.2, 0) is 17.8 Å². The molecule has 1 aromatic carbocycles. The summed E-state index contributed by atoms with van der Waals surface area (Å²) in [5.74, 6) is 0.967. The van der Waals surface area contributed by atoms with Crippen molar-refractivity contribution >= 4 is 5.91 Å². The molecule has 1 amide bonds. The molecule has 0 aliphatic carbocycles. The van der Waals surface area contributed by atoms with E-state index in [2.05, 4.69) is 5.10 Å². The first-order valence-corrected chi connectivity index (χ1v) is 7.84. The third kappa shape index (κ3) is 2.36. The number of aromatic nitrogens is 2. The maximum Gasteiger partial charge on any atom is 0.264 e. The highest BCUT2D eigenvalue weighted by Crippen LogP contribution is 2.30. The number of carbonyl (C=O) groups excluding carboxylic acids is 1. The molecule has 0 spiro atoms. The van der Waals surface area contributed by atoms with Crippen LogP contribution < -0.4 is 4.74 Å². The largest absolute Gasteiger partial charge is 0.480 e. The van der Waals surface area contributed by atoms with E-state index in [1.165, 1.54) is 0 Å². The summed E-state index contributed by atoms with van der Waals surface area (Å²) in [7, 11) is 0. The number of para-hydroxylation sites is 1. The number of hydrogen-bond acceptors (Lipinski definition) is 3. The zero-order valence-corrected chi connectivity index (χ0v) is 12.4. The van der Waals surface area contributed by atoms with Crippen molar-refractivity contribution in [3.05, 3.63) is 48.3 Å². The molecule has 4 rings (SSSR count). The van der Waals surface area contributed by atoms with Crippen LogP contribution in [0, 0.1) is 0 Å². The number of carbonyl (C=O) groups is 1. The minimum Gasteiger partial charge on any atom is -0.480 e. The third-order valence-corrected chi connectivity index (χ3v) is 4.54. The van der Waals surface area contributed by atoms with E-state index in [0.717, 1.165) is 37.2 Å². The molecule has 2 aromatic rings. The van der Waals surface area contributed by atoms with E-state index in [1.54, 1.807) is 6.20 Å². The van der Waals surface area contributed by atoms with Crippen molar-refractivity contribution in [1.29, 1.82) is 0 Å². The highest BCUT2D eigenvalue weighted by Gasteiger charge is 2.37. The van der Waals surface area contributed by atoms with Gasteiger partial charge in [0.1, 0.15) is 5.75 Å². The van der Waals surface area contributed by atoms with Gasteiger partial charge in [0.25, 0.3) is 5.91 Å². The molecule has 5 nitrogen and oxygen atoms in total. The number of hydrogen-bond donors (Lipinski definition) is 0. The van der Waals surface area contributed by atoms with Gasteiger partial charge in [-0.15, -0.1) is 0 Å². The van der Waals surface area contributed by atoms with Crippen LogP contribution >= 0.6 is 0 Å². The first-order valence-electron chi connectivity index (χ1n) is 7.84. The lowest BCUT2D eigenvalue weighted by Gasteiger charge is -2.27. The van der Waals surface area contributed by atoms with Crippen LogP contribution in [0.25, 0.3) is 0 Å². The highest BCUT2D eigenvalue weighted by atomic mass is 16.5. The average molecular weight is 297 g/mol. The van der Waals surface area contributed by atoms with Crippen LogP contribution in [0.4, 0.5) is 0 Å². The molecule has 0 saturated carbocycles. The van der Waals surface area contributed by atoms with Gasteiger partial charge in [0, 0.05) is 25.4 Å². The van der Waals surface area contributed by atoms with Crippen LogP contribution in [0.3, 0.4) is 0 Å². The monoisotopic (exact) mass is 297 g/mol. The molecule has 2 atom stereocenters. The minimum absolute atomic E-state index is 0.117. The van der Waals surface area contributed by atoms with Crippen LogP contribution in [0.5, 0.6) is 5.75 Å². The van der Waals surface area contributed by atoms with Gasteiger partial charge in [0.15, 0.2) is 6.10 Å². The molecular weight excluding hydrogens is 278 g/mol. The normalized spacial score (nSPS) is 23.4. The van der Waals surface area contributed by atoms with E-state index < -0.39 is 0 Å². The molecular formula is C17H19N3O2. The van der Waals surface area contributed by atoms with Crippen LogP contribution in [0.2, 0.25) is 0 Å². The quantitative estimate of drug-likeness (QED) is 0.869. The molecule has 2 aliphatic rings. The van der Waals surface area contributed by atoms with Crippen molar-refractivity contribution in [2.45, 2.75) is 38.0 Å². The van der Waals surface area contributed by atoms with Crippen molar-refractivity contribution in [1.82, 2.24) is 14.7 Å². The standard InChI is InChI=1S/C17H19N3O2/c21-17(16-11-13-5-1-2-7-15(13)22-16)20-10-3-6-14(20)12-19-9-4-8-18-19/h1-2,4-5,7-9,14,16H,3,6,10-12H2/t14-,16-/m1/s1. The Hall–Kier alpha value is -2.30. The molecule has 1 aromatic heterocycles. The van der Waals surface area contributed by atoms with Gasteiger partial charge in [-0.05, 0) is 30.5 Å². The maximum absolute atomic E-state index is 12.8. The van der Waals surface area contributed by atoms with Crippen molar-refractivity contribution in [3.8, 4) is 5.75 Å². The topological polar surface area (TPSA) is 47.4 Å². The van der Waals surface area contributed by atoms with Crippen LogP contribution in [0.1, 0.15) is 18.4 Å². The lowest BCUT2D eigenvalue weighted by Crippen LogP contribution is -2.45. The van der Waals surface area contributed by atoms with Gasteiger partial charge in [0.05, 0.1) is 12.6 Å². The smallest absolute Gasteiger partial charge is 0.264 e. The second-order valence-corrected chi connectivity index (χ2v) is 5.97. The number of fused-ring (bicyclic) bond motifs is 1. The molecule has 5 heteroatoms. The van der Waals surface area contributed by atoms with Gasteiger partial charge >= 0.3 is 0 Å². The Kier molecular flexibility index (Phi) is 3.33. The lowest BCUT2D eigenvalue weighted by atomic mass is 10.1. The molecule has 0 radical (unpaired) electrons. The van der Waals surface area contributed by atoms with Gasteiger partial charge < -0.3 is 9.64 Å². The summed E-state index contributed by atoms with van der Waals surface area (Å²) in [6.45, 7) is 1.58. The summed E-state index contributed by atoms with van der Waals surface area (Å²) in [6, 6.07) is 10.0. The Morgan fingerprint density at radius 3 is 3.05 bits per heavy atom. The molecule has 1 saturated heterocycles. The molecule has 0 bridgehead atoms. The van der Waals surface area contributed by atoms with Gasteiger partial charge in [-0.3, -0.25) is 9.48 Å². The Morgan fingerprint density at radius 2 is 2.23 bits per heavy atom. The number of nitrogens with zero attached hydrogens (tertiary/aromatic N) is 3. The molecule has 1 fully saturated rings. The molecule has 22 heavy (non-hydrogen) atoms. The van der Waals surface area contributed by atoms with Crippen LogP contribution in [0.15, 0.2) is 42.7 Å². The summed E-state index contributed by atoms with van der Waals surface area (Å²) >= 11 is 0. The Balaban J connectivity index is 1.46. The van der Waals surface area contributed by atoms with Crippen molar-refractivity contribution in [2.75, 3.05) is 6.54 Å². The number of ether oxygens (including phenoxy) is 1. The number of benzene rings is 1. The van der Waals surface area contributed by atoms with Gasteiger partial charge in [-0.2, -0.15) is 5.10 Å². The van der Waals surface area contributed by atoms with Gasteiger partial charge in [-0.1, -0.05) is 18.2 Å². The summed E-state index contributed by atoms with van der Waals surface area (Å²) < 4.78 is 7.75. The number of likely N-dealkylation sites (tertiary alicyclic amines) is 1. The van der Waals surface area contributed by atoms with E-state index in [0.29, 0.717) is 6.42 Å². The van der Waals surface area contributed by atoms with E-state index in [-0.39, 0.29) is 18.1 Å². The maximum atomic E-state index is 12.8. The van der Waals surface area contributed by atoms with Crippen molar-refractivity contribution in [3.63, 3.8) is 0 Å². The zero-order valence-electron chi connectivity index (χ0n) is 12.4. The van der Waals surface area contributed by atoms with Gasteiger partial charge in [0.2, 0.25) is 0 Å². The Labute approximate surface area is 129 Å². The fourth-order valence-corrected chi connectivity index (χ4v) is 3.44. The van der Waals surface area contributed by atoms with E-state index in [1.807, 2.05) is 46.1 Å². The zero-order chi connectivity index (χ0) is 14.9. The van der Waals surface area contributed by atoms with Crippen molar-refractivity contribution < 1.29 is 9.53 Å². The van der Waals surface area contributed by atoms with E-state index in [9.17, 15) is 4.79 Å². The highest BCUT2D eigenvalue weighted by molar-refractivity contribution is 5.83. The molecule has 3 heterocycles. The third-order valence-electron chi connectivity index (χ3n) is 4.54. The van der Waals surface area contributed by atoms with Gasteiger partial charge in [-0.25, -0.2) is 0 Å². The lowest BCUT2D eigenvalue weighted by molar-refractivity contribution is -0.139. The molecule has 114 valence electrons. The molecule has 2 aliphatic heterocycles. The molecule has 0 N–H and O–H groups in total. The second-order valence-electron chi connectivity index (χ2n) is 5.97. The molecule has 0 unspecified atom stereocenters. The summed E-state index contributed by atoms with van der Waals surface area (Å²) in [4.78, 5) is 14.8. The Bertz CT molecular complexity index is 643. The fourth-order valence-electron chi connectivity index (χ4n) is 3.44. The Morgan fingerprint density at radius 1 is 1.32 bits per heavy atom. The average Bonchev–Trinajstić information content (AvgIpc) is 3.27. The van der Waals surface area contributed by atoms with E-state index >= 15 is 0 Å². The summed E-state index contributed by atoms with van der Waals surface area (Å²) in [5, 5.41) is 4.25.